The van der Waals surface area contributed by atoms with E-state index in [-0.39, 0.29) is 11.9 Å². The first-order valence-electron chi connectivity index (χ1n) is 7.34. The van der Waals surface area contributed by atoms with Crippen LogP contribution in [0.3, 0.4) is 0 Å². The Balaban J connectivity index is 2.67. The predicted octanol–water partition coefficient (Wildman–Crippen LogP) is 4.46. The van der Waals surface area contributed by atoms with Crippen molar-refractivity contribution in [2.24, 2.45) is 0 Å². The first-order valence-corrected chi connectivity index (χ1v) is 7.34. The quantitative estimate of drug-likeness (QED) is 0.667. The van der Waals surface area contributed by atoms with E-state index in [4.69, 9.17) is 4.74 Å². The average molecular weight is 267 g/mol. The fourth-order valence-corrected chi connectivity index (χ4v) is 1.99. The van der Waals surface area contributed by atoms with Gasteiger partial charge < -0.3 is 10.1 Å². The van der Waals surface area contributed by atoms with E-state index in [1.807, 2.05) is 6.92 Å². The van der Waals surface area contributed by atoms with Crippen LogP contribution in [0.5, 0.6) is 5.75 Å². The van der Waals surface area contributed by atoms with Gasteiger partial charge in [0.1, 0.15) is 11.6 Å². The number of rotatable bonds is 9. The van der Waals surface area contributed by atoms with Crippen LogP contribution in [0.2, 0.25) is 0 Å². The molecule has 0 aliphatic carbocycles. The number of hydrogen-bond donors (Lipinski definition) is 1. The van der Waals surface area contributed by atoms with Gasteiger partial charge in [-0.1, -0.05) is 26.7 Å². The fourth-order valence-electron chi connectivity index (χ4n) is 1.99. The van der Waals surface area contributed by atoms with Crippen molar-refractivity contribution in [3.05, 3.63) is 29.6 Å². The Morgan fingerprint density at radius 1 is 1.21 bits per heavy atom. The number of benzene rings is 1. The van der Waals surface area contributed by atoms with E-state index >= 15 is 0 Å². The number of unbranched alkanes of at least 4 members (excludes halogenated alkanes) is 2. The summed E-state index contributed by atoms with van der Waals surface area (Å²) in [5.41, 5.74) is 0.907. The predicted molar refractivity (Wildman–Crippen MR) is 78.1 cm³/mol. The molecule has 1 rings (SSSR count). The summed E-state index contributed by atoms with van der Waals surface area (Å²) >= 11 is 0. The summed E-state index contributed by atoms with van der Waals surface area (Å²) in [7, 11) is 0. The Hall–Kier alpha value is -1.09. The van der Waals surface area contributed by atoms with E-state index < -0.39 is 0 Å². The molecule has 19 heavy (non-hydrogen) atoms. The van der Waals surface area contributed by atoms with Gasteiger partial charge in [0.25, 0.3) is 0 Å². The highest BCUT2D eigenvalue weighted by atomic mass is 19.1. The fraction of sp³-hybridized carbons (Fsp3) is 0.625. The summed E-state index contributed by atoms with van der Waals surface area (Å²) in [6.45, 7) is 7.96. The maximum atomic E-state index is 13.4. The van der Waals surface area contributed by atoms with Crippen LogP contribution >= 0.6 is 0 Å². The second-order valence-corrected chi connectivity index (χ2v) is 4.91. The van der Waals surface area contributed by atoms with Crippen LogP contribution in [-0.2, 0) is 0 Å². The highest BCUT2D eigenvalue weighted by Crippen LogP contribution is 2.26. The smallest absolute Gasteiger partial charge is 0.124 e. The summed E-state index contributed by atoms with van der Waals surface area (Å²) in [5, 5.41) is 3.37. The molecule has 2 nitrogen and oxygen atoms in total. The van der Waals surface area contributed by atoms with Gasteiger partial charge in [0.2, 0.25) is 0 Å². The normalized spacial score (nSPS) is 12.4. The minimum Gasteiger partial charge on any atom is -0.493 e. The zero-order valence-electron chi connectivity index (χ0n) is 12.3. The van der Waals surface area contributed by atoms with E-state index in [0.29, 0.717) is 6.61 Å². The molecule has 0 fully saturated rings. The third-order valence-corrected chi connectivity index (χ3v) is 3.14. The van der Waals surface area contributed by atoms with Gasteiger partial charge in [-0.3, -0.25) is 0 Å². The van der Waals surface area contributed by atoms with Gasteiger partial charge in [0.05, 0.1) is 6.61 Å². The van der Waals surface area contributed by atoms with E-state index in [2.05, 4.69) is 19.2 Å². The monoisotopic (exact) mass is 267 g/mol. The number of nitrogens with one attached hydrogen (secondary N) is 1. The van der Waals surface area contributed by atoms with Gasteiger partial charge in [0, 0.05) is 11.6 Å². The summed E-state index contributed by atoms with van der Waals surface area (Å²) < 4.78 is 19.2. The van der Waals surface area contributed by atoms with Crippen LogP contribution in [0.25, 0.3) is 0 Å². The van der Waals surface area contributed by atoms with Crippen LogP contribution in [0.1, 0.15) is 58.1 Å². The van der Waals surface area contributed by atoms with Crippen molar-refractivity contribution < 1.29 is 9.13 Å². The molecule has 1 N–H and O–H groups in total. The zero-order chi connectivity index (χ0) is 14.1. The zero-order valence-corrected chi connectivity index (χ0v) is 12.3. The van der Waals surface area contributed by atoms with Gasteiger partial charge in [-0.2, -0.15) is 0 Å². The van der Waals surface area contributed by atoms with Crippen LogP contribution in [0.4, 0.5) is 4.39 Å². The van der Waals surface area contributed by atoms with E-state index in [0.717, 1.165) is 30.7 Å². The number of hydrogen-bond acceptors (Lipinski definition) is 2. The third kappa shape index (κ3) is 5.60. The Labute approximate surface area is 116 Å². The molecule has 0 bridgehead atoms. The van der Waals surface area contributed by atoms with Crippen molar-refractivity contribution in [2.45, 2.75) is 52.5 Å². The lowest BCUT2D eigenvalue weighted by molar-refractivity contribution is 0.299. The maximum absolute atomic E-state index is 13.4. The third-order valence-electron chi connectivity index (χ3n) is 3.14. The van der Waals surface area contributed by atoms with Gasteiger partial charge in [0.15, 0.2) is 0 Å². The van der Waals surface area contributed by atoms with Crippen molar-refractivity contribution in [3.63, 3.8) is 0 Å². The Morgan fingerprint density at radius 2 is 2.00 bits per heavy atom. The summed E-state index contributed by atoms with van der Waals surface area (Å²) in [4.78, 5) is 0. The summed E-state index contributed by atoms with van der Waals surface area (Å²) in [6, 6.07) is 4.88. The topological polar surface area (TPSA) is 21.3 Å². The second-order valence-electron chi connectivity index (χ2n) is 4.91. The van der Waals surface area contributed by atoms with Crippen LogP contribution in [-0.4, -0.2) is 13.2 Å². The molecule has 0 aliphatic rings. The maximum Gasteiger partial charge on any atom is 0.124 e. The minimum absolute atomic E-state index is 0.108. The lowest BCUT2D eigenvalue weighted by atomic mass is 10.1. The van der Waals surface area contributed by atoms with Gasteiger partial charge in [-0.15, -0.1) is 0 Å². The Kier molecular flexibility index (Phi) is 7.49. The molecule has 3 heteroatoms. The highest BCUT2D eigenvalue weighted by molar-refractivity contribution is 5.36. The van der Waals surface area contributed by atoms with Gasteiger partial charge in [-0.25, -0.2) is 4.39 Å². The van der Waals surface area contributed by atoms with Crippen LogP contribution < -0.4 is 10.1 Å². The molecular formula is C16H26FNO. The van der Waals surface area contributed by atoms with Crippen molar-refractivity contribution in [3.8, 4) is 5.75 Å². The first kappa shape index (κ1) is 16.0. The van der Waals surface area contributed by atoms with Gasteiger partial charge >= 0.3 is 0 Å². The van der Waals surface area contributed by atoms with Crippen LogP contribution in [0.15, 0.2) is 18.2 Å². The second kappa shape index (κ2) is 8.92. The first-order chi connectivity index (χ1) is 9.19. The number of ether oxygens (including phenoxy) is 1. The molecule has 0 spiro atoms. The van der Waals surface area contributed by atoms with E-state index in [9.17, 15) is 4.39 Å². The highest BCUT2D eigenvalue weighted by Gasteiger charge is 2.12. The molecule has 0 saturated carbocycles. The summed E-state index contributed by atoms with van der Waals surface area (Å²) in [5.74, 6) is 0.592. The lowest BCUT2D eigenvalue weighted by Gasteiger charge is -2.18. The molecule has 1 atom stereocenters. The molecule has 0 radical (unpaired) electrons. The molecule has 0 aliphatic heterocycles. The van der Waals surface area contributed by atoms with Crippen molar-refractivity contribution in [1.29, 1.82) is 0 Å². The molecule has 1 aromatic rings. The van der Waals surface area contributed by atoms with Gasteiger partial charge in [-0.05, 0) is 44.5 Å². The Bertz CT molecular complexity index is 368. The molecule has 0 aromatic heterocycles. The summed E-state index contributed by atoms with van der Waals surface area (Å²) in [6.07, 6.45) is 4.45. The molecule has 0 amide bonds. The molecule has 1 aromatic carbocycles. The average Bonchev–Trinajstić information content (AvgIpc) is 2.42. The van der Waals surface area contributed by atoms with Crippen LogP contribution in [0, 0.1) is 5.82 Å². The minimum atomic E-state index is -0.207. The molecule has 0 heterocycles. The molecular weight excluding hydrogens is 241 g/mol. The van der Waals surface area contributed by atoms with E-state index in [1.165, 1.54) is 18.9 Å². The standard InChI is InChI=1S/C16H26FNO/c1-4-6-7-11-19-16-9-8-14(17)12-15(16)13(3)18-10-5-2/h8-9,12-13,18H,4-7,10-11H2,1-3H3. The van der Waals surface area contributed by atoms with Crippen molar-refractivity contribution in [2.75, 3.05) is 13.2 Å². The molecule has 0 saturated heterocycles. The SMILES string of the molecule is CCCCCOc1ccc(F)cc1C(C)NCCC. The Morgan fingerprint density at radius 3 is 2.68 bits per heavy atom. The largest absolute Gasteiger partial charge is 0.493 e. The van der Waals surface area contributed by atoms with E-state index in [1.54, 1.807) is 12.1 Å². The lowest BCUT2D eigenvalue weighted by Crippen LogP contribution is -2.20. The molecule has 108 valence electrons. The molecule has 1 unspecified atom stereocenters. The number of halogens is 1. The van der Waals surface area contributed by atoms with Crippen molar-refractivity contribution in [1.82, 2.24) is 5.32 Å². The van der Waals surface area contributed by atoms with Crippen molar-refractivity contribution >= 4 is 0 Å².